The molecule has 3 aromatic rings. The molecule has 2 aromatic carbocycles. The molecule has 7 heteroatoms. The predicted molar refractivity (Wildman–Crippen MR) is 120 cm³/mol. The number of nitrogens with one attached hydrogen (secondary N) is 1. The molecule has 4 rings (SSSR count). The third kappa shape index (κ3) is 4.86. The van der Waals surface area contributed by atoms with Crippen LogP contribution in [0, 0.1) is 11.7 Å². The lowest BCUT2D eigenvalue weighted by molar-refractivity contribution is 0.0789. The normalized spacial score (nSPS) is 15.7. The van der Waals surface area contributed by atoms with Crippen LogP contribution in [-0.2, 0) is 0 Å². The van der Waals surface area contributed by atoms with E-state index in [1.807, 2.05) is 42.3 Å². The number of rotatable bonds is 4. The van der Waals surface area contributed by atoms with Crippen molar-refractivity contribution in [3.8, 4) is 11.3 Å². The van der Waals surface area contributed by atoms with E-state index in [1.54, 1.807) is 12.1 Å². The summed E-state index contributed by atoms with van der Waals surface area (Å²) in [5.41, 5.74) is 2.91. The van der Waals surface area contributed by atoms with Crippen LogP contribution in [0.1, 0.15) is 16.8 Å². The Balaban J connectivity index is 0.00000150. The summed E-state index contributed by atoms with van der Waals surface area (Å²) in [4.78, 5) is 19.9. The molecule has 0 radical (unpaired) electrons. The molecular formula is C22H24Cl2FN3O. The highest BCUT2D eigenvalue weighted by atomic mass is 35.5. The van der Waals surface area contributed by atoms with Gasteiger partial charge in [-0.3, -0.25) is 4.79 Å². The number of likely N-dealkylation sites (tertiary alicyclic amines) is 1. The molecule has 0 aliphatic carbocycles. The van der Waals surface area contributed by atoms with E-state index >= 15 is 0 Å². The van der Waals surface area contributed by atoms with Gasteiger partial charge in [-0.05, 0) is 62.3 Å². The number of nitrogens with zero attached hydrogens (tertiary/aromatic N) is 2. The quantitative estimate of drug-likeness (QED) is 0.652. The minimum absolute atomic E-state index is 0. The number of para-hydroxylation sites is 1. The van der Waals surface area contributed by atoms with Crippen molar-refractivity contribution in [3.63, 3.8) is 0 Å². The Labute approximate surface area is 182 Å². The first-order chi connectivity index (χ1) is 13.2. The van der Waals surface area contributed by atoms with Crippen LogP contribution in [0.3, 0.4) is 0 Å². The van der Waals surface area contributed by atoms with E-state index in [-0.39, 0.29) is 36.5 Å². The predicted octanol–water partition coefficient (Wildman–Crippen LogP) is 4.57. The fourth-order valence-corrected chi connectivity index (χ4v) is 3.76. The van der Waals surface area contributed by atoms with Crippen LogP contribution < -0.4 is 5.32 Å². The Hall–Kier alpha value is -2.21. The fraction of sp³-hybridized carbons (Fsp3) is 0.273. The SMILES string of the molecule is CNCC1CCN(C(=O)c2cc(-c3ccc(F)cc3)nc3ccccc23)C1.Cl.Cl. The number of hydrogen-bond acceptors (Lipinski definition) is 3. The smallest absolute Gasteiger partial charge is 0.254 e. The van der Waals surface area contributed by atoms with Crippen molar-refractivity contribution in [1.82, 2.24) is 15.2 Å². The van der Waals surface area contributed by atoms with Crippen LogP contribution in [0.15, 0.2) is 54.6 Å². The van der Waals surface area contributed by atoms with Crippen LogP contribution >= 0.6 is 24.8 Å². The van der Waals surface area contributed by atoms with Gasteiger partial charge in [0.25, 0.3) is 5.91 Å². The van der Waals surface area contributed by atoms with Gasteiger partial charge in [-0.15, -0.1) is 24.8 Å². The number of carbonyl (C=O) groups excluding carboxylic acids is 1. The van der Waals surface area contributed by atoms with Gasteiger partial charge in [-0.1, -0.05) is 18.2 Å². The zero-order valence-corrected chi connectivity index (χ0v) is 17.7. The summed E-state index contributed by atoms with van der Waals surface area (Å²) in [6.45, 7) is 2.46. The summed E-state index contributed by atoms with van der Waals surface area (Å²) in [5.74, 6) is 0.239. The van der Waals surface area contributed by atoms with Gasteiger partial charge in [0.15, 0.2) is 0 Å². The molecule has 2 heterocycles. The van der Waals surface area contributed by atoms with Gasteiger partial charge in [0.2, 0.25) is 0 Å². The number of pyridine rings is 1. The molecule has 29 heavy (non-hydrogen) atoms. The van der Waals surface area contributed by atoms with E-state index in [4.69, 9.17) is 0 Å². The van der Waals surface area contributed by atoms with E-state index in [1.165, 1.54) is 12.1 Å². The molecule has 0 saturated carbocycles. The molecule has 1 aliphatic heterocycles. The Bertz CT molecular complexity index is 981. The summed E-state index contributed by atoms with van der Waals surface area (Å²) in [5, 5.41) is 4.05. The van der Waals surface area contributed by atoms with Crippen molar-refractivity contribution in [1.29, 1.82) is 0 Å². The van der Waals surface area contributed by atoms with Crippen LogP contribution in [-0.4, -0.2) is 42.5 Å². The van der Waals surface area contributed by atoms with Crippen LogP contribution in [0.25, 0.3) is 22.2 Å². The monoisotopic (exact) mass is 435 g/mol. The first-order valence-corrected chi connectivity index (χ1v) is 9.25. The number of aromatic nitrogens is 1. The molecule has 0 bridgehead atoms. The van der Waals surface area contributed by atoms with Crippen molar-refractivity contribution in [2.45, 2.75) is 6.42 Å². The van der Waals surface area contributed by atoms with Gasteiger partial charge in [0, 0.05) is 24.0 Å². The second-order valence-electron chi connectivity index (χ2n) is 7.04. The van der Waals surface area contributed by atoms with Gasteiger partial charge in [0.1, 0.15) is 5.82 Å². The average Bonchev–Trinajstić information content (AvgIpc) is 3.16. The Morgan fingerprint density at radius 2 is 1.90 bits per heavy atom. The van der Waals surface area contributed by atoms with Crippen molar-refractivity contribution in [3.05, 3.63) is 66.0 Å². The Kier molecular flexibility index (Phi) is 7.96. The maximum absolute atomic E-state index is 13.3. The molecule has 1 aromatic heterocycles. The second kappa shape index (κ2) is 10.0. The maximum Gasteiger partial charge on any atom is 0.254 e. The molecule has 1 N–H and O–H groups in total. The fourth-order valence-electron chi connectivity index (χ4n) is 3.76. The van der Waals surface area contributed by atoms with Gasteiger partial charge in [0.05, 0.1) is 16.8 Å². The molecule has 4 nitrogen and oxygen atoms in total. The molecule has 0 spiro atoms. The van der Waals surface area contributed by atoms with Crippen molar-refractivity contribution in [2.24, 2.45) is 5.92 Å². The second-order valence-corrected chi connectivity index (χ2v) is 7.04. The zero-order chi connectivity index (χ0) is 18.8. The highest BCUT2D eigenvalue weighted by molar-refractivity contribution is 6.07. The first-order valence-electron chi connectivity index (χ1n) is 9.25. The number of halogens is 3. The lowest BCUT2D eigenvalue weighted by Crippen LogP contribution is -2.30. The van der Waals surface area contributed by atoms with E-state index in [9.17, 15) is 9.18 Å². The molecular weight excluding hydrogens is 412 g/mol. The zero-order valence-electron chi connectivity index (χ0n) is 16.1. The summed E-state index contributed by atoms with van der Waals surface area (Å²) >= 11 is 0. The lowest BCUT2D eigenvalue weighted by Gasteiger charge is -2.18. The van der Waals surface area contributed by atoms with Gasteiger partial charge in [-0.25, -0.2) is 9.37 Å². The van der Waals surface area contributed by atoms with Crippen LogP contribution in [0.5, 0.6) is 0 Å². The third-order valence-corrected chi connectivity index (χ3v) is 5.15. The summed E-state index contributed by atoms with van der Waals surface area (Å²) in [7, 11) is 1.94. The molecule has 1 amide bonds. The van der Waals surface area contributed by atoms with Crippen LogP contribution in [0.2, 0.25) is 0 Å². The van der Waals surface area contributed by atoms with Crippen LogP contribution in [0.4, 0.5) is 4.39 Å². The molecule has 1 saturated heterocycles. The lowest BCUT2D eigenvalue weighted by atomic mass is 10.0. The molecule has 1 aliphatic rings. The minimum Gasteiger partial charge on any atom is -0.338 e. The number of amides is 1. The molecule has 1 atom stereocenters. The van der Waals surface area contributed by atoms with E-state index in [0.29, 0.717) is 17.2 Å². The summed E-state index contributed by atoms with van der Waals surface area (Å²) < 4.78 is 13.3. The van der Waals surface area contributed by atoms with Crippen molar-refractivity contribution in [2.75, 3.05) is 26.7 Å². The maximum atomic E-state index is 13.3. The minimum atomic E-state index is -0.288. The Morgan fingerprint density at radius 3 is 2.62 bits per heavy atom. The van der Waals surface area contributed by atoms with Gasteiger partial charge >= 0.3 is 0 Å². The van der Waals surface area contributed by atoms with Gasteiger partial charge < -0.3 is 10.2 Å². The number of fused-ring (bicyclic) bond motifs is 1. The number of hydrogen-bond donors (Lipinski definition) is 1. The number of benzene rings is 2. The molecule has 154 valence electrons. The van der Waals surface area contributed by atoms with Crippen molar-refractivity contribution < 1.29 is 9.18 Å². The Morgan fingerprint density at radius 1 is 1.17 bits per heavy atom. The highest BCUT2D eigenvalue weighted by Crippen LogP contribution is 2.27. The van der Waals surface area contributed by atoms with E-state index in [0.717, 1.165) is 42.5 Å². The molecule has 1 fully saturated rings. The third-order valence-electron chi connectivity index (χ3n) is 5.15. The standard InChI is InChI=1S/C22H22FN3O.2ClH/c1-24-13-15-10-11-26(14-15)22(27)19-12-21(16-6-8-17(23)9-7-16)25-20-5-3-2-4-18(19)20;;/h2-9,12,15,24H,10-11,13-14H2,1H3;2*1H. The van der Waals surface area contributed by atoms with E-state index in [2.05, 4.69) is 10.3 Å². The first kappa shape index (κ1) is 23.1. The largest absolute Gasteiger partial charge is 0.338 e. The van der Waals surface area contributed by atoms with Gasteiger partial charge in [-0.2, -0.15) is 0 Å². The summed E-state index contributed by atoms with van der Waals surface area (Å²) in [6.07, 6.45) is 1.01. The van der Waals surface area contributed by atoms with E-state index < -0.39 is 0 Å². The highest BCUT2D eigenvalue weighted by Gasteiger charge is 2.27. The topological polar surface area (TPSA) is 45.2 Å². The molecule has 1 unspecified atom stereocenters. The number of carbonyl (C=O) groups is 1. The average molecular weight is 436 g/mol. The van der Waals surface area contributed by atoms with Crippen molar-refractivity contribution >= 4 is 41.6 Å². The summed E-state index contributed by atoms with van der Waals surface area (Å²) in [6, 6.07) is 15.7.